The molecule has 1 aliphatic carbocycles. The van der Waals surface area contributed by atoms with Crippen molar-refractivity contribution < 1.29 is 18.0 Å². The number of rotatable bonds is 6. The van der Waals surface area contributed by atoms with Gasteiger partial charge in [0.2, 0.25) is 5.91 Å². The van der Waals surface area contributed by atoms with Crippen molar-refractivity contribution in [3.05, 3.63) is 27.8 Å². The number of hydrogen-bond acceptors (Lipinski definition) is 3. The molecule has 0 spiro atoms. The molecule has 2 heterocycles. The van der Waals surface area contributed by atoms with E-state index < -0.39 is 11.9 Å². The molecule has 6 nitrogen and oxygen atoms in total. The zero-order chi connectivity index (χ0) is 19.1. The van der Waals surface area contributed by atoms with Gasteiger partial charge in [0.25, 0.3) is 0 Å². The van der Waals surface area contributed by atoms with Crippen LogP contribution in [0.4, 0.5) is 18.9 Å². The van der Waals surface area contributed by atoms with Crippen LogP contribution in [-0.2, 0) is 24.1 Å². The zero-order valence-corrected chi connectivity index (χ0v) is 16.0. The summed E-state index contributed by atoms with van der Waals surface area (Å²) >= 11 is 3.04. The maximum absolute atomic E-state index is 13.1. The highest BCUT2D eigenvalue weighted by Crippen LogP contribution is 2.47. The summed E-state index contributed by atoms with van der Waals surface area (Å²) < 4.78 is 42.4. The number of aromatic nitrogens is 4. The van der Waals surface area contributed by atoms with Gasteiger partial charge in [0, 0.05) is 18.9 Å². The van der Waals surface area contributed by atoms with Crippen LogP contribution in [0.2, 0.25) is 0 Å². The monoisotopic (exact) mass is 433 g/mol. The van der Waals surface area contributed by atoms with E-state index in [1.165, 1.54) is 4.68 Å². The number of carbonyl (C=O) groups is 1. The molecule has 1 N–H and O–H groups in total. The molecule has 0 aromatic carbocycles. The third kappa shape index (κ3) is 3.79. The number of amides is 1. The third-order valence-corrected chi connectivity index (χ3v) is 5.17. The molecule has 1 fully saturated rings. The fourth-order valence-corrected chi connectivity index (χ4v) is 3.69. The van der Waals surface area contributed by atoms with Gasteiger partial charge in [0.15, 0.2) is 5.69 Å². The Hall–Kier alpha value is -1.84. The maximum atomic E-state index is 13.1. The van der Waals surface area contributed by atoms with Gasteiger partial charge in [0.05, 0.1) is 34.3 Å². The maximum Gasteiger partial charge on any atom is 0.436 e. The van der Waals surface area contributed by atoms with Crippen LogP contribution < -0.4 is 5.32 Å². The largest absolute Gasteiger partial charge is 0.436 e. The molecule has 3 rings (SSSR count). The van der Waals surface area contributed by atoms with Gasteiger partial charge in [-0.1, -0.05) is 0 Å². The summed E-state index contributed by atoms with van der Waals surface area (Å²) in [5.41, 5.74) is 1.04. The lowest BCUT2D eigenvalue weighted by Gasteiger charge is -2.08. The number of alkyl halides is 3. The molecule has 2 aromatic heterocycles. The molecule has 0 saturated heterocycles. The summed E-state index contributed by atoms with van der Waals surface area (Å²) in [5, 5.41) is 10.6. The molecule has 0 bridgehead atoms. The van der Waals surface area contributed by atoms with Gasteiger partial charge in [-0.05, 0) is 42.6 Å². The van der Waals surface area contributed by atoms with Crippen LogP contribution in [0.15, 0.2) is 10.7 Å². The summed E-state index contributed by atoms with van der Waals surface area (Å²) in [5.74, 6) is -0.216. The zero-order valence-electron chi connectivity index (χ0n) is 14.4. The van der Waals surface area contributed by atoms with E-state index in [0.717, 1.165) is 18.5 Å². The Labute approximate surface area is 156 Å². The topological polar surface area (TPSA) is 64.7 Å². The lowest BCUT2D eigenvalue weighted by molar-refractivity contribution is -0.142. The lowest BCUT2D eigenvalue weighted by Crippen LogP contribution is -2.17. The molecule has 0 aliphatic heterocycles. The fourth-order valence-electron chi connectivity index (χ4n) is 2.86. The average molecular weight is 434 g/mol. The van der Waals surface area contributed by atoms with Gasteiger partial charge in [0.1, 0.15) is 0 Å². The van der Waals surface area contributed by atoms with E-state index in [-0.39, 0.29) is 29.3 Å². The minimum atomic E-state index is -4.53. The van der Waals surface area contributed by atoms with E-state index in [1.807, 2.05) is 13.8 Å². The summed E-state index contributed by atoms with van der Waals surface area (Å²) in [6, 6.07) is 0. The number of nitrogens with one attached hydrogen (secondary N) is 1. The molecule has 0 radical (unpaired) electrons. The Balaban J connectivity index is 1.71. The van der Waals surface area contributed by atoms with E-state index in [9.17, 15) is 18.0 Å². The highest BCUT2D eigenvalue weighted by molar-refractivity contribution is 9.10. The molecule has 26 heavy (non-hydrogen) atoms. The van der Waals surface area contributed by atoms with E-state index in [2.05, 4.69) is 31.4 Å². The van der Waals surface area contributed by atoms with Crippen molar-refractivity contribution in [3.63, 3.8) is 0 Å². The van der Waals surface area contributed by atoms with Crippen LogP contribution in [-0.4, -0.2) is 25.5 Å². The Morgan fingerprint density at radius 3 is 2.62 bits per heavy atom. The second kappa shape index (κ2) is 7.05. The molecule has 1 saturated carbocycles. The second-order valence-electron chi connectivity index (χ2n) is 6.30. The first kappa shape index (κ1) is 18.9. The van der Waals surface area contributed by atoms with E-state index in [0.29, 0.717) is 17.9 Å². The van der Waals surface area contributed by atoms with Crippen molar-refractivity contribution in [2.75, 3.05) is 5.32 Å². The summed E-state index contributed by atoms with van der Waals surface area (Å²) in [4.78, 5) is 12.2. The van der Waals surface area contributed by atoms with Gasteiger partial charge in [-0.25, -0.2) is 0 Å². The van der Waals surface area contributed by atoms with Gasteiger partial charge in [-0.15, -0.1) is 0 Å². The van der Waals surface area contributed by atoms with Crippen LogP contribution in [0.3, 0.4) is 0 Å². The first-order valence-corrected chi connectivity index (χ1v) is 9.17. The van der Waals surface area contributed by atoms with Crippen LogP contribution in [0.25, 0.3) is 0 Å². The number of aryl methyl sites for hydroxylation is 2. The molecule has 0 atom stereocenters. The van der Waals surface area contributed by atoms with E-state index >= 15 is 0 Å². The quantitative estimate of drug-likeness (QED) is 0.745. The molecule has 1 amide bonds. The van der Waals surface area contributed by atoms with E-state index in [1.54, 1.807) is 10.9 Å². The van der Waals surface area contributed by atoms with Crippen LogP contribution >= 0.6 is 15.9 Å². The molecular formula is C16H19BrF3N5O. The molecule has 0 unspecified atom stereocenters. The van der Waals surface area contributed by atoms with Crippen LogP contribution in [0.5, 0.6) is 0 Å². The predicted octanol–water partition coefficient (Wildman–Crippen LogP) is 4.10. The van der Waals surface area contributed by atoms with Gasteiger partial charge >= 0.3 is 6.18 Å². The Morgan fingerprint density at radius 1 is 1.38 bits per heavy atom. The van der Waals surface area contributed by atoms with Crippen LogP contribution in [0, 0.1) is 6.92 Å². The third-order valence-electron chi connectivity index (χ3n) is 4.39. The number of hydrogen-bond donors (Lipinski definition) is 1. The van der Waals surface area contributed by atoms with Gasteiger partial charge in [-0.2, -0.15) is 23.4 Å². The Morgan fingerprint density at radius 2 is 2.08 bits per heavy atom. The molecule has 142 valence electrons. The average Bonchev–Trinajstić information content (AvgIpc) is 3.25. The summed E-state index contributed by atoms with van der Waals surface area (Å²) in [6.07, 6.45) is -1.26. The predicted molar refractivity (Wildman–Crippen MR) is 92.8 cm³/mol. The first-order valence-electron chi connectivity index (χ1n) is 8.38. The number of halogens is 4. The minimum Gasteiger partial charge on any atom is -0.323 e. The summed E-state index contributed by atoms with van der Waals surface area (Å²) in [7, 11) is 0. The van der Waals surface area contributed by atoms with Crippen molar-refractivity contribution in [2.24, 2.45) is 0 Å². The first-order chi connectivity index (χ1) is 12.2. The van der Waals surface area contributed by atoms with Crippen molar-refractivity contribution in [1.82, 2.24) is 19.6 Å². The number of nitrogens with zero attached hydrogens (tertiary/aromatic N) is 4. The number of anilines is 1. The SMILES string of the molecule is CCn1ncc(NC(=O)CCn2nc(C(F)(F)F)c(Br)c2C2CC2)c1C. The fraction of sp³-hybridized carbons (Fsp3) is 0.562. The van der Waals surface area contributed by atoms with Crippen molar-refractivity contribution in [3.8, 4) is 0 Å². The van der Waals surface area contributed by atoms with E-state index in [4.69, 9.17) is 0 Å². The molecule has 2 aromatic rings. The highest BCUT2D eigenvalue weighted by atomic mass is 79.9. The normalized spacial score (nSPS) is 14.7. The van der Waals surface area contributed by atoms with Gasteiger partial charge in [-0.3, -0.25) is 14.2 Å². The lowest BCUT2D eigenvalue weighted by atomic mass is 10.2. The van der Waals surface area contributed by atoms with Crippen molar-refractivity contribution in [1.29, 1.82) is 0 Å². The Kier molecular flexibility index (Phi) is 5.14. The second-order valence-corrected chi connectivity index (χ2v) is 7.09. The Bertz CT molecular complexity index is 823. The smallest absolute Gasteiger partial charge is 0.323 e. The van der Waals surface area contributed by atoms with Gasteiger partial charge < -0.3 is 5.32 Å². The summed E-state index contributed by atoms with van der Waals surface area (Å²) in [6.45, 7) is 4.57. The number of carbonyl (C=O) groups excluding carboxylic acids is 1. The molecular weight excluding hydrogens is 415 g/mol. The standard InChI is InChI=1S/C16H19BrF3N5O/c1-3-24-9(2)11(8-21-24)22-12(26)6-7-25-14(10-4-5-10)13(17)15(23-25)16(18,19)20/h8,10H,3-7H2,1-2H3,(H,22,26). The highest BCUT2D eigenvalue weighted by Gasteiger charge is 2.41. The van der Waals surface area contributed by atoms with Crippen molar-refractivity contribution in [2.45, 2.75) is 58.3 Å². The minimum absolute atomic E-state index is 0.00650. The van der Waals surface area contributed by atoms with Crippen LogP contribution in [0.1, 0.15) is 49.2 Å². The van der Waals surface area contributed by atoms with Crippen molar-refractivity contribution >= 4 is 27.5 Å². The molecule has 1 aliphatic rings. The molecule has 10 heteroatoms.